The lowest BCUT2D eigenvalue weighted by molar-refractivity contribution is -0.0565. The highest BCUT2D eigenvalue weighted by molar-refractivity contribution is 5.15. The minimum atomic E-state index is 0.131. The standard InChI is InChI=1S/C24H34O3/c1-3-26-23(17-15-21-11-7-5-8-12-21)19-25-20-24(27-4-2)18-16-22-13-9-6-10-14-22/h5-14,23-24H,3-4,15-20H2,1-2H3/t23-,24-/m1/s1. The lowest BCUT2D eigenvalue weighted by atomic mass is 10.1. The Hall–Kier alpha value is -1.68. The van der Waals surface area contributed by atoms with Crippen molar-refractivity contribution in [2.24, 2.45) is 0 Å². The van der Waals surface area contributed by atoms with E-state index >= 15 is 0 Å². The highest BCUT2D eigenvalue weighted by Gasteiger charge is 2.13. The van der Waals surface area contributed by atoms with Crippen molar-refractivity contribution in [1.82, 2.24) is 0 Å². The van der Waals surface area contributed by atoms with Gasteiger partial charge in [0, 0.05) is 13.2 Å². The first kappa shape index (κ1) is 21.6. The fraction of sp³-hybridized carbons (Fsp3) is 0.500. The Bertz CT molecular complexity index is 532. The summed E-state index contributed by atoms with van der Waals surface area (Å²) in [6.07, 6.45) is 4.23. The van der Waals surface area contributed by atoms with Gasteiger partial charge >= 0.3 is 0 Å². The van der Waals surface area contributed by atoms with Gasteiger partial charge in [-0.3, -0.25) is 0 Å². The Labute approximate surface area is 164 Å². The van der Waals surface area contributed by atoms with Gasteiger partial charge in [-0.25, -0.2) is 0 Å². The Morgan fingerprint density at radius 1 is 0.630 bits per heavy atom. The molecular weight excluding hydrogens is 336 g/mol. The molecule has 0 spiro atoms. The maximum absolute atomic E-state index is 5.99. The molecule has 0 N–H and O–H groups in total. The molecule has 0 aliphatic rings. The monoisotopic (exact) mass is 370 g/mol. The maximum atomic E-state index is 5.99. The van der Waals surface area contributed by atoms with Crippen LogP contribution in [0.2, 0.25) is 0 Å². The predicted molar refractivity (Wildman–Crippen MR) is 111 cm³/mol. The topological polar surface area (TPSA) is 27.7 Å². The van der Waals surface area contributed by atoms with E-state index in [4.69, 9.17) is 14.2 Å². The van der Waals surface area contributed by atoms with Crippen molar-refractivity contribution in [3.05, 3.63) is 71.8 Å². The molecule has 0 fully saturated rings. The first-order chi connectivity index (χ1) is 13.3. The van der Waals surface area contributed by atoms with Crippen LogP contribution in [0.1, 0.15) is 37.8 Å². The van der Waals surface area contributed by atoms with Crippen LogP contribution < -0.4 is 0 Å². The number of hydrogen-bond donors (Lipinski definition) is 0. The predicted octanol–water partition coefficient (Wildman–Crippen LogP) is 5.08. The van der Waals surface area contributed by atoms with Crippen molar-refractivity contribution in [3.8, 4) is 0 Å². The van der Waals surface area contributed by atoms with E-state index in [9.17, 15) is 0 Å². The zero-order valence-electron chi connectivity index (χ0n) is 16.8. The van der Waals surface area contributed by atoms with Gasteiger partial charge in [-0.15, -0.1) is 0 Å². The summed E-state index contributed by atoms with van der Waals surface area (Å²) in [6.45, 7) is 6.75. The molecule has 0 aliphatic heterocycles. The van der Waals surface area contributed by atoms with Gasteiger partial charge in [0.1, 0.15) is 0 Å². The summed E-state index contributed by atoms with van der Waals surface area (Å²) >= 11 is 0. The smallest absolute Gasteiger partial charge is 0.0811 e. The normalized spacial score (nSPS) is 13.4. The maximum Gasteiger partial charge on any atom is 0.0811 e. The van der Waals surface area contributed by atoms with Crippen LogP contribution >= 0.6 is 0 Å². The van der Waals surface area contributed by atoms with Crippen LogP contribution in [-0.4, -0.2) is 38.6 Å². The Kier molecular flexibility index (Phi) is 10.8. The van der Waals surface area contributed by atoms with Gasteiger partial charge in [0.25, 0.3) is 0 Å². The second-order valence-corrected chi connectivity index (χ2v) is 6.74. The van der Waals surface area contributed by atoms with E-state index in [1.54, 1.807) is 0 Å². The average molecular weight is 371 g/mol. The van der Waals surface area contributed by atoms with Gasteiger partial charge in [-0.2, -0.15) is 0 Å². The molecule has 0 heterocycles. The summed E-state index contributed by atoms with van der Waals surface area (Å²) in [6, 6.07) is 21.1. The summed E-state index contributed by atoms with van der Waals surface area (Å²) in [5, 5.41) is 0. The van der Waals surface area contributed by atoms with Crippen LogP contribution in [-0.2, 0) is 27.1 Å². The largest absolute Gasteiger partial charge is 0.376 e. The summed E-state index contributed by atoms with van der Waals surface area (Å²) in [5.74, 6) is 0. The lowest BCUT2D eigenvalue weighted by Crippen LogP contribution is -2.26. The molecule has 3 nitrogen and oxygen atoms in total. The molecule has 2 rings (SSSR count). The zero-order chi connectivity index (χ0) is 19.2. The number of ether oxygens (including phenoxy) is 3. The van der Waals surface area contributed by atoms with Gasteiger partial charge in [0.15, 0.2) is 0 Å². The quantitative estimate of drug-likeness (QED) is 0.464. The number of hydrogen-bond acceptors (Lipinski definition) is 3. The van der Waals surface area contributed by atoms with Gasteiger partial charge in [0.05, 0.1) is 25.4 Å². The van der Waals surface area contributed by atoms with E-state index in [0.717, 1.165) is 25.7 Å². The molecule has 27 heavy (non-hydrogen) atoms. The van der Waals surface area contributed by atoms with E-state index < -0.39 is 0 Å². The van der Waals surface area contributed by atoms with Crippen LogP contribution in [0.25, 0.3) is 0 Å². The third-order valence-corrected chi connectivity index (χ3v) is 4.61. The first-order valence-corrected chi connectivity index (χ1v) is 10.2. The van der Waals surface area contributed by atoms with Crippen LogP contribution in [0.5, 0.6) is 0 Å². The van der Waals surface area contributed by atoms with Gasteiger partial charge < -0.3 is 14.2 Å². The minimum Gasteiger partial charge on any atom is -0.376 e. The Morgan fingerprint density at radius 3 is 1.41 bits per heavy atom. The number of benzene rings is 2. The molecular formula is C24H34O3. The zero-order valence-corrected chi connectivity index (χ0v) is 16.8. The van der Waals surface area contributed by atoms with Gasteiger partial charge in [0.2, 0.25) is 0 Å². The van der Waals surface area contributed by atoms with Crippen molar-refractivity contribution in [3.63, 3.8) is 0 Å². The van der Waals surface area contributed by atoms with Crippen LogP contribution in [0.15, 0.2) is 60.7 Å². The van der Waals surface area contributed by atoms with Crippen LogP contribution in [0, 0.1) is 0 Å². The van der Waals surface area contributed by atoms with Gasteiger partial charge in [-0.05, 0) is 50.7 Å². The van der Waals surface area contributed by atoms with Crippen molar-refractivity contribution < 1.29 is 14.2 Å². The van der Waals surface area contributed by atoms with Crippen molar-refractivity contribution >= 4 is 0 Å². The molecule has 0 aromatic heterocycles. The molecule has 0 radical (unpaired) electrons. The SMILES string of the molecule is CCO[C@H](CCc1ccccc1)COC[C@@H](CCc1ccccc1)OCC. The van der Waals surface area contributed by atoms with E-state index in [2.05, 4.69) is 60.7 Å². The fourth-order valence-electron chi connectivity index (χ4n) is 3.18. The third kappa shape index (κ3) is 9.18. The second kappa shape index (κ2) is 13.5. The van der Waals surface area contributed by atoms with Crippen molar-refractivity contribution in [2.75, 3.05) is 26.4 Å². The van der Waals surface area contributed by atoms with Crippen LogP contribution in [0.3, 0.4) is 0 Å². The molecule has 0 saturated carbocycles. The molecule has 0 amide bonds. The molecule has 0 bridgehead atoms. The lowest BCUT2D eigenvalue weighted by Gasteiger charge is -2.21. The number of aryl methyl sites for hydroxylation is 2. The molecule has 0 saturated heterocycles. The van der Waals surface area contributed by atoms with E-state index in [-0.39, 0.29) is 12.2 Å². The van der Waals surface area contributed by atoms with Gasteiger partial charge in [-0.1, -0.05) is 60.7 Å². The fourth-order valence-corrected chi connectivity index (χ4v) is 3.18. The number of rotatable bonds is 14. The molecule has 3 heteroatoms. The molecule has 2 aromatic carbocycles. The summed E-state index contributed by atoms with van der Waals surface area (Å²) in [4.78, 5) is 0. The van der Waals surface area contributed by atoms with E-state index in [0.29, 0.717) is 26.4 Å². The Balaban J connectivity index is 1.72. The summed E-state index contributed by atoms with van der Waals surface area (Å²) < 4.78 is 17.7. The molecule has 0 unspecified atom stereocenters. The molecule has 148 valence electrons. The summed E-state index contributed by atoms with van der Waals surface area (Å²) in [7, 11) is 0. The Morgan fingerprint density at radius 2 is 1.04 bits per heavy atom. The average Bonchev–Trinajstić information content (AvgIpc) is 2.71. The highest BCUT2D eigenvalue weighted by Crippen LogP contribution is 2.11. The second-order valence-electron chi connectivity index (χ2n) is 6.74. The van der Waals surface area contributed by atoms with E-state index in [1.807, 2.05) is 13.8 Å². The van der Waals surface area contributed by atoms with Crippen LogP contribution in [0.4, 0.5) is 0 Å². The summed E-state index contributed by atoms with van der Waals surface area (Å²) in [5.41, 5.74) is 2.69. The molecule has 2 atom stereocenters. The first-order valence-electron chi connectivity index (χ1n) is 10.2. The highest BCUT2D eigenvalue weighted by atomic mass is 16.6. The molecule has 2 aromatic rings. The third-order valence-electron chi connectivity index (χ3n) is 4.61. The van der Waals surface area contributed by atoms with E-state index in [1.165, 1.54) is 11.1 Å². The minimum absolute atomic E-state index is 0.131. The van der Waals surface area contributed by atoms with Crippen molar-refractivity contribution in [2.45, 2.75) is 51.7 Å². The molecule has 0 aliphatic carbocycles. The van der Waals surface area contributed by atoms with Crippen molar-refractivity contribution in [1.29, 1.82) is 0 Å².